The fraction of sp³-hybridized carbons (Fsp3) is 0.611. The SMILES string of the molecule is CC(CCCCNC(=O)OC(C)(C)C)NOCc1ccccc1. The molecule has 0 bridgehead atoms. The Morgan fingerprint density at radius 3 is 2.52 bits per heavy atom. The fourth-order valence-corrected chi connectivity index (χ4v) is 1.98. The van der Waals surface area contributed by atoms with Crippen molar-refractivity contribution in [3.63, 3.8) is 0 Å². The van der Waals surface area contributed by atoms with Crippen molar-refractivity contribution in [1.82, 2.24) is 10.8 Å². The monoisotopic (exact) mass is 322 g/mol. The summed E-state index contributed by atoms with van der Waals surface area (Å²) in [6.07, 6.45) is 2.57. The van der Waals surface area contributed by atoms with Crippen molar-refractivity contribution >= 4 is 6.09 Å². The highest BCUT2D eigenvalue weighted by molar-refractivity contribution is 5.67. The van der Waals surface area contributed by atoms with Gasteiger partial charge in [0.2, 0.25) is 0 Å². The van der Waals surface area contributed by atoms with Crippen LogP contribution in [0.2, 0.25) is 0 Å². The Bertz CT molecular complexity index is 443. The van der Waals surface area contributed by atoms with E-state index in [4.69, 9.17) is 9.57 Å². The van der Waals surface area contributed by atoms with Crippen LogP contribution in [-0.4, -0.2) is 24.3 Å². The van der Waals surface area contributed by atoms with Gasteiger partial charge in [-0.1, -0.05) is 36.8 Å². The minimum absolute atomic E-state index is 0.278. The normalized spacial score (nSPS) is 12.7. The summed E-state index contributed by atoms with van der Waals surface area (Å²) in [6, 6.07) is 10.3. The van der Waals surface area contributed by atoms with Crippen LogP contribution in [0.25, 0.3) is 0 Å². The average molecular weight is 322 g/mol. The number of carbonyl (C=O) groups is 1. The van der Waals surface area contributed by atoms with Crippen LogP contribution in [0.5, 0.6) is 0 Å². The number of hydroxylamine groups is 1. The second-order valence-electron chi connectivity index (χ2n) is 6.72. The molecule has 1 amide bonds. The molecule has 5 heteroatoms. The topological polar surface area (TPSA) is 59.6 Å². The van der Waals surface area contributed by atoms with E-state index in [1.807, 2.05) is 51.1 Å². The number of amides is 1. The molecule has 1 atom stereocenters. The molecule has 0 radical (unpaired) electrons. The summed E-state index contributed by atoms with van der Waals surface area (Å²) in [5.41, 5.74) is 3.75. The van der Waals surface area contributed by atoms with E-state index in [9.17, 15) is 4.79 Å². The van der Waals surface area contributed by atoms with Gasteiger partial charge >= 0.3 is 6.09 Å². The van der Waals surface area contributed by atoms with Gasteiger partial charge in [0.25, 0.3) is 0 Å². The minimum Gasteiger partial charge on any atom is -0.444 e. The predicted octanol–water partition coefficient (Wildman–Crippen LogP) is 3.79. The lowest BCUT2D eigenvalue weighted by atomic mass is 10.1. The van der Waals surface area contributed by atoms with Crippen molar-refractivity contribution in [2.24, 2.45) is 0 Å². The summed E-state index contributed by atoms with van der Waals surface area (Å²) >= 11 is 0. The molecule has 0 fully saturated rings. The number of benzene rings is 1. The molecule has 1 aromatic rings. The first-order valence-corrected chi connectivity index (χ1v) is 8.25. The summed E-state index contributed by atoms with van der Waals surface area (Å²) in [4.78, 5) is 17.0. The van der Waals surface area contributed by atoms with E-state index in [0.717, 1.165) is 24.8 Å². The zero-order valence-electron chi connectivity index (χ0n) is 14.7. The van der Waals surface area contributed by atoms with Gasteiger partial charge in [0.05, 0.1) is 6.61 Å². The van der Waals surface area contributed by atoms with Gasteiger partial charge in [0.1, 0.15) is 5.60 Å². The number of unbranched alkanes of at least 4 members (excludes halogenated alkanes) is 1. The summed E-state index contributed by atoms with van der Waals surface area (Å²) in [5, 5.41) is 2.76. The lowest BCUT2D eigenvalue weighted by Gasteiger charge is -2.19. The summed E-state index contributed by atoms with van der Waals surface area (Å²) in [7, 11) is 0. The molecule has 130 valence electrons. The standard InChI is InChI=1S/C18H30N2O3/c1-15(20-22-14-16-11-6-5-7-12-16)10-8-9-13-19-17(21)23-18(2,3)4/h5-7,11-12,15,20H,8-10,13-14H2,1-4H3,(H,19,21). The zero-order valence-corrected chi connectivity index (χ0v) is 14.7. The van der Waals surface area contributed by atoms with Crippen molar-refractivity contribution in [2.45, 2.75) is 65.2 Å². The van der Waals surface area contributed by atoms with Crippen molar-refractivity contribution in [1.29, 1.82) is 0 Å². The number of hydrogen-bond donors (Lipinski definition) is 2. The molecule has 0 aliphatic rings. The second kappa shape index (κ2) is 10.2. The smallest absolute Gasteiger partial charge is 0.407 e. The van der Waals surface area contributed by atoms with E-state index in [2.05, 4.69) is 17.7 Å². The molecule has 0 spiro atoms. The maximum Gasteiger partial charge on any atom is 0.407 e. The van der Waals surface area contributed by atoms with Gasteiger partial charge < -0.3 is 10.1 Å². The molecule has 23 heavy (non-hydrogen) atoms. The molecule has 0 heterocycles. The highest BCUT2D eigenvalue weighted by Gasteiger charge is 2.15. The Morgan fingerprint density at radius 1 is 1.17 bits per heavy atom. The molecule has 0 saturated heterocycles. The molecular weight excluding hydrogens is 292 g/mol. The molecule has 5 nitrogen and oxygen atoms in total. The molecule has 0 saturated carbocycles. The van der Waals surface area contributed by atoms with E-state index in [1.54, 1.807) is 0 Å². The number of ether oxygens (including phenoxy) is 1. The highest BCUT2D eigenvalue weighted by atomic mass is 16.6. The van der Waals surface area contributed by atoms with E-state index >= 15 is 0 Å². The van der Waals surface area contributed by atoms with Crippen LogP contribution in [-0.2, 0) is 16.2 Å². The lowest BCUT2D eigenvalue weighted by molar-refractivity contribution is 0.00531. The van der Waals surface area contributed by atoms with Crippen LogP contribution in [0, 0.1) is 0 Å². The van der Waals surface area contributed by atoms with Crippen LogP contribution in [0.1, 0.15) is 52.5 Å². The number of carbonyl (C=O) groups excluding carboxylic acids is 1. The summed E-state index contributed by atoms with van der Waals surface area (Å²) < 4.78 is 5.18. The number of nitrogens with one attached hydrogen (secondary N) is 2. The Morgan fingerprint density at radius 2 is 1.87 bits per heavy atom. The van der Waals surface area contributed by atoms with Crippen LogP contribution in [0.3, 0.4) is 0 Å². The Balaban J connectivity index is 1.99. The second-order valence-corrected chi connectivity index (χ2v) is 6.72. The molecular formula is C18H30N2O3. The van der Waals surface area contributed by atoms with Crippen LogP contribution < -0.4 is 10.8 Å². The molecule has 0 aliphatic carbocycles. The molecule has 1 rings (SSSR count). The van der Waals surface area contributed by atoms with Gasteiger partial charge in [-0.2, -0.15) is 5.48 Å². The first-order chi connectivity index (χ1) is 10.9. The third-order valence-corrected chi connectivity index (χ3v) is 3.10. The van der Waals surface area contributed by atoms with Crippen LogP contribution in [0.15, 0.2) is 30.3 Å². The van der Waals surface area contributed by atoms with Gasteiger partial charge in [-0.3, -0.25) is 4.84 Å². The first-order valence-electron chi connectivity index (χ1n) is 8.25. The Kier molecular flexibility index (Phi) is 8.66. The zero-order chi connectivity index (χ0) is 17.1. The maximum absolute atomic E-state index is 11.5. The molecule has 0 aromatic heterocycles. The van der Waals surface area contributed by atoms with Gasteiger partial charge in [-0.15, -0.1) is 0 Å². The molecule has 0 aliphatic heterocycles. The largest absolute Gasteiger partial charge is 0.444 e. The highest BCUT2D eigenvalue weighted by Crippen LogP contribution is 2.07. The van der Waals surface area contributed by atoms with Crippen molar-refractivity contribution in [3.05, 3.63) is 35.9 Å². The summed E-state index contributed by atoms with van der Waals surface area (Å²) in [6.45, 7) is 8.85. The quantitative estimate of drug-likeness (QED) is 0.536. The molecule has 1 unspecified atom stereocenters. The number of rotatable bonds is 9. The lowest BCUT2D eigenvalue weighted by Crippen LogP contribution is -2.33. The first kappa shape index (κ1) is 19.5. The van der Waals surface area contributed by atoms with Gasteiger partial charge in [-0.05, 0) is 46.1 Å². The van der Waals surface area contributed by atoms with E-state index in [0.29, 0.717) is 13.2 Å². The Labute approximate surface area is 139 Å². The van der Waals surface area contributed by atoms with Crippen molar-refractivity contribution < 1.29 is 14.4 Å². The average Bonchev–Trinajstić information content (AvgIpc) is 2.46. The van der Waals surface area contributed by atoms with E-state index in [-0.39, 0.29) is 12.1 Å². The number of hydrogen-bond acceptors (Lipinski definition) is 4. The van der Waals surface area contributed by atoms with Gasteiger partial charge in [0, 0.05) is 12.6 Å². The molecule has 2 N–H and O–H groups in total. The van der Waals surface area contributed by atoms with E-state index in [1.165, 1.54) is 0 Å². The third-order valence-electron chi connectivity index (χ3n) is 3.10. The van der Waals surface area contributed by atoms with Crippen LogP contribution >= 0.6 is 0 Å². The van der Waals surface area contributed by atoms with Gasteiger partial charge in [-0.25, -0.2) is 4.79 Å². The summed E-state index contributed by atoms with van der Waals surface area (Å²) in [5.74, 6) is 0. The number of alkyl carbamates (subject to hydrolysis) is 1. The van der Waals surface area contributed by atoms with Crippen molar-refractivity contribution in [3.8, 4) is 0 Å². The van der Waals surface area contributed by atoms with Crippen LogP contribution in [0.4, 0.5) is 4.79 Å². The predicted molar refractivity (Wildman–Crippen MR) is 91.9 cm³/mol. The van der Waals surface area contributed by atoms with Gasteiger partial charge in [0.15, 0.2) is 0 Å². The van der Waals surface area contributed by atoms with E-state index < -0.39 is 5.60 Å². The fourth-order valence-electron chi connectivity index (χ4n) is 1.98. The Hall–Kier alpha value is -1.59. The third kappa shape index (κ3) is 10.7. The van der Waals surface area contributed by atoms with Crippen molar-refractivity contribution in [2.75, 3.05) is 6.54 Å². The minimum atomic E-state index is -0.446. The molecule has 1 aromatic carbocycles. The maximum atomic E-state index is 11.5.